The summed E-state index contributed by atoms with van der Waals surface area (Å²) < 4.78 is 32.0. The Morgan fingerprint density at radius 2 is 2.08 bits per heavy atom. The number of carbonyl (C=O) groups excluding carboxylic acids is 1. The molecule has 1 aliphatic heterocycles. The highest BCUT2D eigenvalue weighted by Gasteiger charge is 2.42. The Hall–Kier alpha value is -1.13. The number of nitrogens with zero attached hydrogens (tertiary/aromatic N) is 2. The monoisotopic (exact) mass is 437 g/mol. The highest BCUT2D eigenvalue weighted by atomic mass is 79.9. The Labute approximate surface area is 154 Å². The molecule has 1 aliphatic rings. The van der Waals surface area contributed by atoms with E-state index in [2.05, 4.69) is 26.2 Å². The van der Waals surface area contributed by atoms with Crippen LogP contribution in [0.5, 0.6) is 0 Å². The smallest absolute Gasteiger partial charge is 0.414 e. The van der Waals surface area contributed by atoms with Crippen molar-refractivity contribution in [1.29, 1.82) is 0 Å². The summed E-state index contributed by atoms with van der Waals surface area (Å²) >= 11 is 4.78. The van der Waals surface area contributed by atoms with Crippen LogP contribution in [0.25, 0.3) is 0 Å². The number of aliphatic imine (C=N–C) groups is 1. The minimum absolute atomic E-state index is 0.0532. The summed E-state index contributed by atoms with van der Waals surface area (Å²) in [4.78, 5) is 17.3. The Morgan fingerprint density at radius 1 is 1.46 bits per heavy atom. The highest BCUT2D eigenvalue weighted by Crippen LogP contribution is 2.37. The van der Waals surface area contributed by atoms with Crippen molar-refractivity contribution in [3.8, 4) is 0 Å². The quantitative estimate of drug-likeness (QED) is 0.731. The van der Waals surface area contributed by atoms with E-state index >= 15 is 0 Å². The maximum Gasteiger partial charge on any atom is 0.414 e. The second-order valence-electron chi connectivity index (χ2n) is 6.66. The van der Waals surface area contributed by atoms with E-state index in [-0.39, 0.29) is 11.7 Å². The minimum Gasteiger partial charge on any atom is -0.444 e. The Morgan fingerprint density at radius 3 is 2.58 bits per heavy atom. The lowest BCUT2D eigenvalue weighted by Crippen LogP contribution is -2.53. The lowest BCUT2D eigenvalue weighted by atomic mass is 10.0. The number of amides is 1. The van der Waals surface area contributed by atoms with Crippen molar-refractivity contribution in [1.82, 2.24) is 9.62 Å². The van der Waals surface area contributed by atoms with Crippen LogP contribution in [0, 0.1) is 0 Å². The summed E-state index contributed by atoms with van der Waals surface area (Å²) in [5.74, 6) is -0.231. The van der Waals surface area contributed by atoms with E-state index in [1.807, 2.05) is 12.1 Å². The number of hydrogen-bond donors (Lipinski definition) is 1. The van der Waals surface area contributed by atoms with E-state index in [1.54, 1.807) is 27.7 Å². The number of alkyl carbamates (subject to hydrolysis) is 1. The molecule has 0 radical (unpaired) electrons. The van der Waals surface area contributed by atoms with Gasteiger partial charge in [0.15, 0.2) is 0 Å². The Bertz CT molecular complexity index is 782. The fourth-order valence-electron chi connectivity index (χ4n) is 2.15. The summed E-state index contributed by atoms with van der Waals surface area (Å²) in [6.07, 6.45) is -0.750. The summed E-state index contributed by atoms with van der Waals surface area (Å²) in [5, 5.41) is 2.44. The molecule has 0 spiro atoms. The van der Waals surface area contributed by atoms with E-state index in [9.17, 15) is 13.2 Å². The normalized spacial score (nSPS) is 23.6. The van der Waals surface area contributed by atoms with Crippen LogP contribution in [0.3, 0.4) is 0 Å². The molecule has 134 valence electrons. The predicted octanol–water partition coefficient (Wildman–Crippen LogP) is 2.88. The first kappa shape index (κ1) is 19.2. The van der Waals surface area contributed by atoms with E-state index in [0.29, 0.717) is 0 Å². The van der Waals surface area contributed by atoms with Crippen LogP contribution >= 0.6 is 27.3 Å². The largest absolute Gasteiger partial charge is 0.444 e. The maximum absolute atomic E-state index is 12.5. The molecule has 2 rings (SSSR count). The minimum atomic E-state index is -3.62. The number of nitrogens with one attached hydrogen (secondary N) is 1. The molecule has 0 saturated carbocycles. The first-order valence-electron chi connectivity index (χ1n) is 7.15. The summed E-state index contributed by atoms with van der Waals surface area (Å²) in [7, 11) is -2.27. The zero-order valence-corrected chi connectivity index (χ0v) is 17.3. The molecule has 2 heterocycles. The van der Waals surface area contributed by atoms with Crippen LogP contribution in [0.1, 0.15) is 32.6 Å². The number of rotatable bonds is 1. The van der Waals surface area contributed by atoms with Gasteiger partial charge in [-0.1, -0.05) is 0 Å². The number of sulfonamides is 1. The molecule has 10 heteroatoms. The summed E-state index contributed by atoms with van der Waals surface area (Å²) in [6, 6.07) is 3.66. The van der Waals surface area contributed by atoms with E-state index < -0.39 is 27.3 Å². The van der Waals surface area contributed by atoms with Gasteiger partial charge in [-0.15, -0.1) is 11.3 Å². The molecule has 0 aliphatic carbocycles. The Kier molecular flexibility index (Phi) is 5.04. The van der Waals surface area contributed by atoms with Gasteiger partial charge < -0.3 is 4.74 Å². The molecule has 1 unspecified atom stereocenters. The fourth-order valence-corrected chi connectivity index (χ4v) is 5.19. The first-order valence-corrected chi connectivity index (χ1v) is 10.4. The number of ether oxygens (including phenoxy) is 1. The van der Waals surface area contributed by atoms with Crippen molar-refractivity contribution >= 4 is 49.3 Å². The Balaban J connectivity index is 2.38. The van der Waals surface area contributed by atoms with Gasteiger partial charge >= 0.3 is 6.09 Å². The molecule has 1 aromatic rings. The SMILES string of the molecule is CN1C(NC(=O)OC(C)(C)C)=NC(C)(c2ccc(Br)s2)CS1(=O)=O. The molecule has 1 atom stereocenters. The average molecular weight is 438 g/mol. The molecule has 1 amide bonds. The molecular weight excluding hydrogens is 418 g/mol. The number of carbonyl (C=O) groups is 1. The van der Waals surface area contributed by atoms with Crippen molar-refractivity contribution in [2.45, 2.75) is 38.8 Å². The van der Waals surface area contributed by atoms with Crippen LogP contribution in [0.2, 0.25) is 0 Å². The zero-order chi connectivity index (χ0) is 18.3. The van der Waals surface area contributed by atoms with Crippen LogP contribution in [0.15, 0.2) is 20.9 Å². The van der Waals surface area contributed by atoms with Crippen LogP contribution in [-0.2, 0) is 20.3 Å². The highest BCUT2D eigenvalue weighted by molar-refractivity contribution is 9.11. The van der Waals surface area contributed by atoms with E-state index in [1.165, 1.54) is 18.4 Å². The third-order valence-corrected chi connectivity index (χ3v) is 7.06. The van der Waals surface area contributed by atoms with Gasteiger partial charge in [0.25, 0.3) is 0 Å². The van der Waals surface area contributed by atoms with Crippen molar-refractivity contribution in [2.24, 2.45) is 4.99 Å². The molecule has 0 aromatic carbocycles. The topological polar surface area (TPSA) is 88.1 Å². The first-order chi connectivity index (χ1) is 10.8. The van der Waals surface area contributed by atoms with Crippen molar-refractivity contribution in [3.63, 3.8) is 0 Å². The van der Waals surface area contributed by atoms with Crippen LogP contribution in [-0.4, -0.2) is 43.2 Å². The van der Waals surface area contributed by atoms with Crippen molar-refractivity contribution < 1.29 is 17.9 Å². The second kappa shape index (κ2) is 6.30. The van der Waals surface area contributed by atoms with Gasteiger partial charge in [0.1, 0.15) is 11.1 Å². The third-order valence-electron chi connectivity index (χ3n) is 3.25. The molecule has 0 bridgehead atoms. The summed E-state index contributed by atoms with van der Waals surface area (Å²) in [6.45, 7) is 6.90. The fraction of sp³-hybridized carbons (Fsp3) is 0.571. The third kappa shape index (κ3) is 4.28. The van der Waals surface area contributed by atoms with Crippen LogP contribution < -0.4 is 5.32 Å². The number of halogens is 1. The van der Waals surface area contributed by atoms with Crippen molar-refractivity contribution in [2.75, 3.05) is 12.8 Å². The van der Waals surface area contributed by atoms with Gasteiger partial charge in [-0.3, -0.25) is 5.32 Å². The second-order valence-corrected chi connectivity index (χ2v) is 11.1. The predicted molar refractivity (Wildman–Crippen MR) is 97.7 cm³/mol. The lowest BCUT2D eigenvalue weighted by molar-refractivity contribution is 0.0559. The van der Waals surface area contributed by atoms with Gasteiger partial charge in [-0.05, 0) is 55.8 Å². The molecule has 0 fully saturated rings. The molecule has 0 saturated heterocycles. The molecule has 24 heavy (non-hydrogen) atoms. The van der Waals surface area contributed by atoms with Gasteiger partial charge in [-0.2, -0.15) is 0 Å². The van der Waals surface area contributed by atoms with Gasteiger partial charge in [-0.25, -0.2) is 22.5 Å². The lowest BCUT2D eigenvalue weighted by Gasteiger charge is -2.35. The maximum atomic E-state index is 12.5. The van der Waals surface area contributed by atoms with Crippen molar-refractivity contribution in [3.05, 3.63) is 20.8 Å². The zero-order valence-electron chi connectivity index (χ0n) is 14.1. The molecule has 1 N–H and O–H groups in total. The van der Waals surface area contributed by atoms with Gasteiger partial charge in [0.2, 0.25) is 16.0 Å². The average Bonchev–Trinajstić information content (AvgIpc) is 2.80. The van der Waals surface area contributed by atoms with Gasteiger partial charge in [0, 0.05) is 11.9 Å². The van der Waals surface area contributed by atoms with E-state index in [4.69, 9.17) is 4.74 Å². The molecule has 1 aromatic heterocycles. The van der Waals surface area contributed by atoms with Gasteiger partial charge in [0.05, 0.1) is 9.54 Å². The summed E-state index contributed by atoms with van der Waals surface area (Å²) in [5.41, 5.74) is -1.68. The number of guanidine groups is 1. The standard InChI is InChI=1S/C14H20BrN3O4S2/c1-13(2,3)22-12(19)16-11-17-14(4,8-24(20,21)18(11)5)9-6-7-10(15)23-9/h6-7H,8H2,1-5H3,(H,16,17,19). The number of thiophene rings is 1. The number of hydrogen-bond acceptors (Lipinski definition) is 6. The van der Waals surface area contributed by atoms with Crippen LogP contribution in [0.4, 0.5) is 4.79 Å². The van der Waals surface area contributed by atoms with E-state index in [0.717, 1.165) is 13.0 Å². The molecule has 7 nitrogen and oxygen atoms in total. The molecular formula is C14H20BrN3O4S2.